The summed E-state index contributed by atoms with van der Waals surface area (Å²) in [5, 5.41) is 2.68. The van der Waals surface area contributed by atoms with Crippen molar-refractivity contribution in [2.24, 2.45) is 0 Å². The molecule has 0 unspecified atom stereocenters. The van der Waals surface area contributed by atoms with Crippen LogP contribution < -0.4 is 5.32 Å². The Bertz CT molecular complexity index is 646. The number of hydrogen-bond acceptors (Lipinski definition) is 3. The summed E-state index contributed by atoms with van der Waals surface area (Å²) in [6.07, 6.45) is 2.39. The minimum atomic E-state index is -3.59. The van der Waals surface area contributed by atoms with Gasteiger partial charge in [-0.2, -0.15) is 0 Å². The number of carbonyl (C=O) groups excluding carboxylic acids is 1. The van der Waals surface area contributed by atoms with Crippen molar-refractivity contribution in [1.82, 2.24) is 5.32 Å². The summed E-state index contributed by atoms with van der Waals surface area (Å²) in [5.74, 6) is -1.08. The second-order valence-corrected chi connectivity index (χ2v) is 6.90. The van der Waals surface area contributed by atoms with Crippen LogP contribution in [0.2, 0.25) is 0 Å². The monoisotopic (exact) mass is 299 g/mol. The Kier molecular flexibility index (Phi) is 5.05. The van der Waals surface area contributed by atoms with Gasteiger partial charge in [-0.1, -0.05) is 11.6 Å². The molecule has 1 amide bonds. The van der Waals surface area contributed by atoms with Crippen LogP contribution >= 0.6 is 0 Å². The van der Waals surface area contributed by atoms with Gasteiger partial charge in [0.15, 0.2) is 9.84 Å². The van der Waals surface area contributed by atoms with Crippen molar-refractivity contribution in [3.63, 3.8) is 0 Å². The van der Waals surface area contributed by atoms with Gasteiger partial charge in [-0.3, -0.25) is 4.79 Å². The van der Waals surface area contributed by atoms with Crippen LogP contribution in [0.5, 0.6) is 0 Å². The summed E-state index contributed by atoms with van der Waals surface area (Å²) in [6.45, 7) is 5.29. The lowest BCUT2D eigenvalue weighted by molar-refractivity contribution is -0.117. The maximum atomic E-state index is 13.8. The number of benzene rings is 1. The summed E-state index contributed by atoms with van der Waals surface area (Å²) in [4.78, 5) is 11.2. The Balaban J connectivity index is 2.96. The molecule has 1 atom stereocenters. The van der Waals surface area contributed by atoms with Crippen molar-refractivity contribution in [2.75, 3.05) is 6.26 Å². The van der Waals surface area contributed by atoms with E-state index in [2.05, 4.69) is 5.32 Å². The van der Waals surface area contributed by atoms with Crippen LogP contribution in [0.4, 0.5) is 4.39 Å². The molecule has 20 heavy (non-hydrogen) atoms. The van der Waals surface area contributed by atoms with Gasteiger partial charge in [0.25, 0.3) is 0 Å². The van der Waals surface area contributed by atoms with Gasteiger partial charge < -0.3 is 5.32 Å². The quantitative estimate of drug-likeness (QED) is 0.868. The maximum Gasteiger partial charge on any atom is 0.244 e. The molecule has 1 rings (SSSR count). The predicted molar refractivity (Wildman–Crippen MR) is 75.5 cm³/mol. The van der Waals surface area contributed by atoms with Gasteiger partial charge in [0, 0.05) is 12.3 Å². The molecule has 0 bridgehead atoms. The minimum absolute atomic E-state index is 0.273. The van der Waals surface area contributed by atoms with Crippen molar-refractivity contribution in [3.8, 4) is 0 Å². The third-order valence-electron chi connectivity index (χ3n) is 2.63. The first-order chi connectivity index (χ1) is 9.11. The summed E-state index contributed by atoms with van der Waals surface area (Å²) in [5.41, 5.74) is 1.36. The zero-order valence-electron chi connectivity index (χ0n) is 11.9. The number of hydrogen-bond donors (Lipinski definition) is 1. The summed E-state index contributed by atoms with van der Waals surface area (Å²) >= 11 is 0. The fraction of sp³-hybridized carbons (Fsp3) is 0.357. The van der Waals surface area contributed by atoms with E-state index in [9.17, 15) is 17.6 Å². The predicted octanol–water partition coefficient (Wildman–Crippen LogP) is 2.37. The molecule has 1 aromatic carbocycles. The highest BCUT2D eigenvalue weighted by Crippen LogP contribution is 2.20. The van der Waals surface area contributed by atoms with E-state index in [4.69, 9.17) is 0 Å². The highest BCUT2D eigenvalue weighted by Gasteiger charge is 2.16. The smallest absolute Gasteiger partial charge is 0.244 e. The van der Waals surface area contributed by atoms with Crippen molar-refractivity contribution in [3.05, 3.63) is 41.2 Å². The Morgan fingerprint density at radius 1 is 1.35 bits per heavy atom. The number of carbonyl (C=O) groups is 1. The molecular weight excluding hydrogens is 281 g/mol. The van der Waals surface area contributed by atoms with Crippen LogP contribution in [-0.2, 0) is 14.6 Å². The van der Waals surface area contributed by atoms with Crippen molar-refractivity contribution in [1.29, 1.82) is 0 Å². The van der Waals surface area contributed by atoms with Crippen molar-refractivity contribution in [2.45, 2.75) is 31.7 Å². The van der Waals surface area contributed by atoms with Gasteiger partial charge in [-0.15, -0.1) is 0 Å². The van der Waals surface area contributed by atoms with Crippen molar-refractivity contribution >= 4 is 15.7 Å². The first-order valence-corrected chi connectivity index (χ1v) is 7.95. The normalized spacial score (nSPS) is 12.7. The molecule has 0 aromatic heterocycles. The van der Waals surface area contributed by atoms with Gasteiger partial charge >= 0.3 is 0 Å². The molecule has 0 heterocycles. The lowest BCUT2D eigenvalue weighted by Gasteiger charge is -2.14. The average Bonchev–Trinajstić information content (AvgIpc) is 2.25. The van der Waals surface area contributed by atoms with Gasteiger partial charge in [0.05, 0.1) is 6.04 Å². The fourth-order valence-electron chi connectivity index (χ4n) is 1.69. The van der Waals surface area contributed by atoms with E-state index in [1.165, 1.54) is 18.2 Å². The third-order valence-corrected chi connectivity index (χ3v) is 3.76. The first kappa shape index (κ1) is 16.4. The molecule has 4 nitrogen and oxygen atoms in total. The lowest BCUT2D eigenvalue weighted by Crippen LogP contribution is -2.25. The number of rotatable bonds is 4. The minimum Gasteiger partial charge on any atom is -0.346 e. The molecule has 1 aromatic rings. The number of halogens is 1. The molecule has 0 fully saturated rings. The fourth-order valence-corrected chi connectivity index (χ4v) is 2.42. The Morgan fingerprint density at radius 2 is 1.95 bits per heavy atom. The van der Waals surface area contributed by atoms with E-state index < -0.39 is 21.7 Å². The molecule has 0 aliphatic carbocycles. The van der Waals surface area contributed by atoms with Gasteiger partial charge in [-0.05, 0) is 38.5 Å². The van der Waals surface area contributed by atoms with Crippen LogP contribution in [0.3, 0.4) is 0 Å². The largest absolute Gasteiger partial charge is 0.346 e. The zero-order chi connectivity index (χ0) is 15.5. The Morgan fingerprint density at radius 3 is 2.40 bits per heavy atom. The maximum absolute atomic E-state index is 13.8. The number of allylic oxidation sites excluding steroid dienone is 1. The Labute approximate surface area is 118 Å². The van der Waals surface area contributed by atoms with E-state index >= 15 is 0 Å². The highest BCUT2D eigenvalue weighted by atomic mass is 32.2. The van der Waals surface area contributed by atoms with Gasteiger partial charge in [0.2, 0.25) is 5.91 Å². The summed E-state index contributed by atoms with van der Waals surface area (Å²) < 4.78 is 36.4. The molecule has 0 saturated heterocycles. The molecule has 0 aliphatic rings. The number of amides is 1. The SMILES string of the molecule is CC(C)=CC(=O)N[C@H](C)c1ccc(S(C)(=O)=O)c(F)c1. The molecular formula is C14H18FNO3S. The number of nitrogens with one attached hydrogen (secondary N) is 1. The number of sulfone groups is 1. The molecule has 110 valence electrons. The van der Waals surface area contributed by atoms with E-state index in [0.29, 0.717) is 5.56 Å². The molecule has 1 N–H and O–H groups in total. The van der Waals surface area contributed by atoms with E-state index in [1.54, 1.807) is 20.8 Å². The zero-order valence-corrected chi connectivity index (χ0v) is 12.7. The van der Waals surface area contributed by atoms with E-state index in [-0.39, 0.29) is 10.8 Å². The van der Waals surface area contributed by atoms with Crippen LogP contribution in [0.15, 0.2) is 34.7 Å². The second-order valence-electron chi connectivity index (χ2n) is 4.91. The summed E-state index contributed by atoms with van der Waals surface area (Å²) in [7, 11) is -3.59. The van der Waals surface area contributed by atoms with Crippen LogP contribution in [0.1, 0.15) is 32.4 Å². The molecule has 0 spiro atoms. The first-order valence-electron chi connectivity index (χ1n) is 6.06. The van der Waals surface area contributed by atoms with Gasteiger partial charge in [-0.25, -0.2) is 12.8 Å². The lowest BCUT2D eigenvalue weighted by atomic mass is 10.1. The third kappa shape index (κ3) is 4.45. The van der Waals surface area contributed by atoms with Crippen molar-refractivity contribution < 1.29 is 17.6 Å². The molecule has 0 saturated carbocycles. The average molecular weight is 299 g/mol. The van der Waals surface area contributed by atoms with E-state index in [0.717, 1.165) is 17.9 Å². The van der Waals surface area contributed by atoms with Crippen LogP contribution in [0, 0.1) is 5.82 Å². The van der Waals surface area contributed by atoms with Crippen LogP contribution in [0.25, 0.3) is 0 Å². The second kappa shape index (κ2) is 6.17. The Hall–Kier alpha value is -1.69. The standard InChI is InChI=1S/C14H18FNO3S/c1-9(2)7-14(17)16-10(3)11-5-6-13(12(15)8-11)20(4,18)19/h5-8,10H,1-4H3,(H,16,17)/t10-/m1/s1. The molecule has 0 radical (unpaired) electrons. The van der Waals surface area contributed by atoms with Gasteiger partial charge in [0.1, 0.15) is 10.7 Å². The van der Waals surface area contributed by atoms with E-state index in [1.807, 2.05) is 0 Å². The van der Waals surface area contributed by atoms with Crippen LogP contribution in [-0.4, -0.2) is 20.6 Å². The molecule has 6 heteroatoms. The topological polar surface area (TPSA) is 63.2 Å². The summed E-state index contributed by atoms with van der Waals surface area (Å²) in [6, 6.07) is 3.42. The molecule has 0 aliphatic heterocycles. The highest BCUT2D eigenvalue weighted by molar-refractivity contribution is 7.90.